The van der Waals surface area contributed by atoms with Gasteiger partial charge in [-0.3, -0.25) is 4.79 Å². The summed E-state index contributed by atoms with van der Waals surface area (Å²) in [6, 6.07) is 6.63. The van der Waals surface area contributed by atoms with Crippen molar-refractivity contribution in [3.63, 3.8) is 0 Å². The first-order chi connectivity index (χ1) is 8.50. The van der Waals surface area contributed by atoms with Gasteiger partial charge in [0.15, 0.2) is 6.73 Å². The highest BCUT2D eigenvalue weighted by Crippen LogP contribution is 2.18. The molecule has 0 saturated carbocycles. The van der Waals surface area contributed by atoms with Crippen LogP contribution in [0, 0.1) is 6.92 Å². The fourth-order valence-corrected chi connectivity index (χ4v) is 3.07. The first-order valence-electron chi connectivity index (χ1n) is 5.72. The summed E-state index contributed by atoms with van der Waals surface area (Å²) >= 11 is 0. The predicted octanol–water partition coefficient (Wildman–Crippen LogP) is 1.28. The van der Waals surface area contributed by atoms with E-state index < -0.39 is 10.0 Å². The first-order valence-corrected chi connectivity index (χ1v) is 7.16. The zero-order chi connectivity index (χ0) is 13.2. The van der Waals surface area contributed by atoms with Gasteiger partial charge in [0.1, 0.15) is 0 Å². The molecule has 1 aliphatic heterocycles. The lowest BCUT2D eigenvalue weighted by Gasteiger charge is -2.18. The summed E-state index contributed by atoms with van der Waals surface area (Å²) in [5.74, 6) is -0.350. The monoisotopic (exact) mass is 269 g/mol. The quantitative estimate of drug-likeness (QED) is 0.759. The van der Waals surface area contributed by atoms with Crippen LogP contribution in [0.2, 0.25) is 0 Å². The number of sulfonamides is 1. The maximum Gasteiger partial charge on any atom is 0.307 e. The number of carbonyl (C=O) groups is 1. The van der Waals surface area contributed by atoms with Crippen molar-refractivity contribution < 1.29 is 17.9 Å². The maximum absolute atomic E-state index is 12.3. The van der Waals surface area contributed by atoms with Crippen molar-refractivity contribution >= 4 is 16.0 Å². The van der Waals surface area contributed by atoms with E-state index >= 15 is 0 Å². The molecule has 0 bridgehead atoms. The molecule has 0 amide bonds. The van der Waals surface area contributed by atoms with Crippen LogP contribution in [-0.4, -0.2) is 32.0 Å². The normalized spacial score (nSPS) is 18.2. The predicted molar refractivity (Wildman–Crippen MR) is 65.3 cm³/mol. The van der Waals surface area contributed by atoms with Gasteiger partial charge in [-0.1, -0.05) is 17.7 Å². The van der Waals surface area contributed by atoms with E-state index in [0.717, 1.165) is 5.56 Å². The van der Waals surface area contributed by atoms with Gasteiger partial charge in [-0.05, 0) is 25.5 Å². The van der Waals surface area contributed by atoms with Crippen molar-refractivity contribution in [3.05, 3.63) is 29.8 Å². The Kier molecular flexibility index (Phi) is 3.68. The van der Waals surface area contributed by atoms with Crippen LogP contribution in [0.15, 0.2) is 29.2 Å². The van der Waals surface area contributed by atoms with E-state index in [0.29, 0.717) is 13.0 Å². The third-order valence-electron chi connectivity index (χ3n) is 2.82. The number of hydrogen-bond donors (Lipinski definition) is 0. The maximum atomic E-state index is 12.3. The molecule has 2 rings (SSSR count). The van der Waals surface area contributed by atoms with Crippen LogP contribution in [-0.2, 0) is 19.6 Å². The molecular formula is C12H15NO4S. The minimum Gasteiger partial charge on any atom is -0.448 e. The molecule has 1 aromatic carbocycles. The summed E-state index contributed by atoms with van der Waals surface area (Å²) in [6.07, 6.45) is 0.754. The fourth-order valence-electron chi connectivity index (χ4n) is 1.73. The summed E-state index contributed by atoms with van der Waals surface area (Å²) in [4.78, 5) is 11.3. The number of rotatable bonds is 2. The smallest absolute Gasteiger partial charge is 0.307 e. The molecule has 0 aromatic heterocycles. The fraction of sp³-hybridized carbons (Fsp3) is 0.417. The molecule has 1 heterocycles. The number of hydrogen-bond acceptors (Lipinski definition) is 4. The van der Waals surface area contributed by atoms with Gasteiger partial charge < -0.3 is 4.74 Å². The largest absolute Gasteiger partial charge is 0.448 e. The van der Waals surface area contributed by atoms with Crippen LogP contribution in [0.3, 0.4) is 0 Å². The van der Waals surface area contributed by atoms with Crippen LogP contribution in [0.5, 0.6) is 0 Å². The van der Waals surface area contributed by atoms with E-state index in [2.05, 4.69) is 0 Å². The van der Waals surface area contributed by atoms with E-state index in [1.165, 1.54) is 4.31 Å². The van der Waals surface area contributed by atoms with Gasteiger partial charge in [0, 0.05) is 13.0 Å². The van der Waals surface area contributed by atoms with Crippen LogP contribution in [0.1, 0.15) is 18.4 Å². The first kappa shape index (κ1) is 13.0. The summed E-state index contributed by atoms with van der Waals surface area (Å²) in [7, 11) is -3.57. The van der Waals surface area contributed by atoms with Crippen LogP contribution in [0.4, 0.5) is 0 Å². The van der Waals surface area contributed by atoms with Crippen molar-refractivity contribution in [1.82, 2.24) is 4.31 Å². The Balaban J connectivity index is 2.25. The zero-order valence-electron chi connectivity index (χ0n) is 10.1. The number of benzene rings is 1. The van der Waals surface area contributed by atoms with E-state index in [4.69, 9.17) is 4.74 Å². The SMILES string of the molecule is Cc1ccc(S(=O)(=O)N2CCCC(=O)OC2)cc1. The van der Waals surface area contributed by atoms with Crippen molar-refractivity contribution in [1.29, 1.82) is 0 Å². The van der Waals surface area contributed by atoms with Crippen LogP contribution < -0.4 is 0 Å². The molecule has 0 atom stereocenters. The van der Waals surface area contributed by atoms with Crippen LogP contribution in [0.25, 0.3) is 0 Å². The number of ether oxygens (including phenoxy) is 1. The second kappa shape index (κ2) is 5.07. The standard InChI is InChI=1S/C12H15NO4S/c1-10-4-6-11(7-5-10)18(15,16)13-8-2-3-12(14)17-9-13/h4-7H,2-3,8-9H2,1H3. The Labute approximate surface area is 106 Å². The number of carbonyl (C=O) groups excluding carboxylic acids is 1. The highest BCUT2D eigenvalue weighted by atomic mass is 32.2. The molecule has 0 aliphatic carbocycles. The highest BCUT2D eigenvalue weighted by molar-refractivity contribution is 7.89. The number of aryl methyl sites for hydroxylation is 1. The van der Waals surface area contributed by atoms with E-state index in [1.807, 2.05) is 6.92 Å². The summed E-state index contributed by atoms with van der Waals surface area (Å²) in [5.41, 5.74) is 0.997. The summed E-state index contributed by atoms with van der Waals surface area (Å²) < 4.78 is 30.6. The Hall–Kier alpha value is -1.40. The van der Waals surface area contributed by atoms with Crippen molar-refractivity contribution in [2.45, 2.75) is 24.7 Å². The lowest BCUT2D eigenvalue weighted by molar-refractivity contribution is -0.144. The molecule has 18 heavy (non-hydrogen) atoms. The van der Waals surface area contributed by atoms with Crippen molar-refractivity contribution in [3.8, 4) is 0 Å². The Morgan fingerprint density at radius 1 is 1.22 bits per heavy atom. The van der Waals surface area contributed by atoms with Crippen LogP contribution >= 0.6 is 0 Å². The van der Waals surface area contributed by atoms with Gasteiger partial charge in [0.05, 0.1) is 4.90 Å². The number of esters is 1. The average molecular weight is 269 g/mol. The van der Waals surface area contributed by atoms with Gasteiger partial charge in [-0.15, -0.1) is 0 Å². The molecule has 0 radical (unpaired) electrons. The molecule has 1 aliphatic rings. The van der Waals surface area contributed by atoms with Gasteiger partial charge >= 0.3 is 5.97 Å². The van der Waals surface area contributed by atoms with Gasteiger partial charge in [0.25, 0.3) is 0 Å². The second-order valence-corrected chi connectivity index (χ2v) is 6.18. The molecule has 6 heteroatoms. The lowest BCUT2D eigenvalue weighted by Crippen LogP contribution is -2.32. The molecule has 0 spiro atoms. The molecule has 1 fully saturated rings. The number of nitrogens with zero attached hydrogens (tertiary/aromatic N) is 1. The molecule has 1 aromatic rings. The molecule has 0 N–H and O–H groups in total. The van der Waals surface area contributed by atoms with E-state index in [-0.39, 0.29) is 24.0 Å². The Bertz CT molecular complexity index is 536. The van der Waals surface area contributed by atoms with Crippen molar-refractivity contribution in [2.24, 2.45) is 0 Å². The molecular weight excluding hydrogens is 254 g/mol. The van der Waals surface area contributed by atoms with E-state index in [1.54, 1.807) is 24.3 Å². The van der Waals surface area contributed by atoms with Gasteiger partial charge in [-0.2, -0.15) is 4.31 Å². The molecule has 1 saturated heterocycles. The van der Waals surface area contributed by atoms with Crippen molar-refractivity contribution in [2.75, 3.05) is 13.3 Å². The number of cyclic esters (lactones) is 1. The van der Waals surface area contributed by atoms with Gasteiger partial charge in [-0.25, -0.2) is 8.42 Å². The Morgan fingerprint density at radius 2 is 1.89 bits per heavy atom. The molecule has 0 unspecified atom stereocenters. The lowest BCUT2D eigenvalue weighted by atomic mass is 10.2. The third kappa shape index (κ3) is 2.70. The second-order valence-electron chi connectivity index (χ2n) is 4.24. The minimum absolute atomic E-state index is 0.199. The minimum atomic E-state index is -3.57. The molecule has 5 nitrogen and oxygen atoms in total. The summed E-state index contributed by atoms with van der Waals surface area (Å²) in [5, 5.41) is 0. The topological polar surface area (TPSA) is 63.7 Å². The molecule has 98 valence electrons. The van der Waals surface area contributed by atoms with E-state index in [9.17, 15) is 13.2 Å². The van der Waals surface area contributed by atoms with Gasteiger partial charge in [0.2, 0.25) is 10.0 Å². The zero-order valence-corrected chi connectivity index (χ0v) is 10.9. The Morgan fingerprint density at radius 3 is 2.56 bits per heavy atom. The highest BCUT2D eigenvalue weighted by Gasteiger charge is 2.27. The average Bonchev–Trinajstić information content (AvgIpc) is 2.55. The third-order valence-corrected chi connectivity index (χ3v) is 4.65. The summed E-state index contributed by atoms with van der Waals surface area (Å²) in [6.45, 7) is 2.00.